The molecular formula is C10H13N3. The summed E-state index contributed by atoms with van der Waals surface area (Å²) in [7, 11) is 0. The Morgan fingerprint density at radius 3 is 3.15 bits per heavy atom. The van der Waals surface area contributed by atoms with Crippen molar-refractivity contribution in [1.29, 1.82) is 0 Å². The normalized spacial score (nSPS) is 13.4. The van der Waals surface area contributed by atoms with E-state index in [1.807, 2.05) is 29.2 Å². The lowest BCUT2D eigenvalue weighted by Gasteiger charge is -2.09. The predicted octanol–water partition coefficient (Wildman–Crippen LogP) is 2.24. The maximum atomic E-state index is 4.37. The van der Waals surface area contributed by atoms with Crippen molar-refractivity contribution in [2.75, 3.05) is 0 Å². The Balaban J connectivity index is 2.60. The van der Waals surface area contributed by atoms with Gasteiger partial charge in [0, 0.05) is 12.1 Å². The van der Waals surface area contributed by atoms with Gasteiger partial charge in [0.25, 0.3) is 0 Å². The lowest BCUT2D eigenvalue weighted by atomic mass is 10.1. The van der Waals surface area contributed by atoms with Crippen LogP contribution in [0.15, 0.2) is 24.8 Å². The van der Waals surface area contributed by atoms with E-state index < -0.39 is 0 Å². The molecule has 3 heteroatoms. The number of hydrogen-bond donors (Lipinski definition) is 0. The first-order valence-electron chi connectivity index (χ1n) is 4.60. The summed E-state index contributed by atoms with van der Waals surface area (Å²) in [6, 6.07) is 1.97. The van der Waals surface area contributed by atoms with E-state index in [1.165, 1.54) is 0 Å². The summed E-state index contributed by atoms with van der Waals surface area (Å²) >= 11 is 0. The van der Waals surface area contributed by atoms with Crippen LogP contribution in [-0.4, -0.2) is 14.4 Å². The van der Waals surface area contributed by atoms with E-state index in [9.17, 15) is 0 Å². The van der Waals surface area contributed by atoms with Gasteiger partial charge in [0.1, 0.15) is 12.2 Å². The monoisotopic (exact) mass is 175 g/mol. The van der Waals surface area contributed by atoms with E-state index in [0.717, 1.165) is 17.8 Å². The third kappa shape index (κ3) is 1.30. The fourth-order valence-electron chi connectivity index (χ4n) is 1.42. The molecule has 1 atom stereocenters. The first-order valence-corrected chi connectivity index (χ1v) is 4.60. The van der Waals surface area contributed by atoms with Crippen molar-refractivity contribution in [1.82, 2.24) is 14.4 Å². The largest absolute Gasteiger partial charge is 0.287 e. The summed E-state index contributed by atoms with van der Waals surface area (Å²) in [6.07, 6.45) is 6.63. The predicted molar refractivity (Wildman–Crippen MR) is 51.7 cm³/mol. The Morgan fingerprint density at radius 2 is 2.38 bits per heavy atom. The second-order valence-corrected chi connectivity index (χ2v) is 3.30. The van der Waals surface area contributed by atoms with Crippen LogP contribution in [0, 0.1) is 0 Å². The van der Waals surface area contributed by atoms with Gasteiger partial charge in [-0.15, -0.1) is 0 Å². The summed E-state index contributed by atoms with van der Waals surface area (Å²) in [5.41, 5.74) is 1.12. The smallest absolute Gasteiger partial charge is 0.117 e. The number of nitrogens with zero attached hydrogens (tertiary/aromatic N) is 3. The third-order valence-electron chi connectivity index (χ3n) is 2.42. The van der Waals surface area contributed by atoms with Crippen molar-refractivity contribution in [3.63, 3.8) is 0 Å². The average Bonchev–Trinajstić information content (AvgIpc) is 2.63. The molecule has 0 saturated carbocycles. The van der Waals surface area contributed by atoms with Crippen molar-refractivity contribution < 1.29 is 0 Å². The van der Waals surface area contributed by atoms with Crippen LogP contribution in [0.2, 0.25) is 0 Å². The topological polar surface area (TPSA) is 30.2 Å². The first-order chi connectivity index (χ1) is 6.33. The molecule has 0 aliphatic carbocycles. The standard InChI is InChI=1S/C10H13N3/c1-3-8(2)10-12-5-4-9-6-11-7-13(9)10/h4-8H,3H2,1-2H3. The molecule has 0 amide bonds. The molecule has 0 bridgehead atoms. The van der Waals surface area contributed by atoms with E-state index >= 15 is 0 Å². The zero-order chi connectivity index (χ0) is 9.26. The van der Waals surface area contributed by atoms with Gasteiger partial charge in [-0.25, -0.2) is 9.97 Å². The molecule has 2 rings (SSSR count). The third-order valence-corrected chi connectivity index (χ3v) is 2.42. The molecule has 0 radical (unpaired) electrons. The number of rotatable bonds is 2. The maximum Gasteiger partial charge on any atom is 0.117 e. The molecule has 2 aromatic heterocycles. The van der Waals surface area contributed by atoms with Crippen LogP contribution in [0.25, 0.3) is 5.52 Å². The SMILES string of the molecule is CCC(C)c1nccc2cncn12. The number of aromatic nitrogens is 3. The van der Waals surface area contributed by atoms with Crippen LogP contribution < -0.4 is 0 Å². The van der Waals surface area contributed by atoms with Gasteiger partial charge in [0.2, 0.25) is 0 Å². The number of hydrogen-bond acceptors (Lipinski definition) is 2. The van der Waals surface area contributed by atoms with Gasteiger partial charge in [-0.1, -0.05) is 13.8 Å². The van der Waals surface area contributed by atoms with Crippen LogP contribution >= 0.6 is 0 Å². The Hall–Kier alpha value is -1.38. The van der Waals surface area contributed by atoms with Crippen molar-refractivity contribution >= 4 is 5.52 Å². The second kappa shape index (κ2) is 3.17. The maximum absolute atomic E-state index is 4.37. The first kappa shape index (κ1) is 8.23. The van der Waals surface area contributed by atoms with E-state index in [4.69, 9.17) is 0 Å². The molecule has 0 aliphatic rings. The lowest BCUT2D eigenvalue weighted by Crippen LogP contribution is -2.02. The molecule has 68 valence electrons. The van der Waals surface area contributed by atoms with Gasteiger partial charge in [0.05, 0.1) is 11.7 Å². The summed E-state index contributed by atoms with van der Waals surface area (Å²) in [5, 5.41) is 0. The van der Waals surface area contributed by atoms with E-state index in [-0.39, 0.29) is 0 Å². The highest BCUT2D eigenvalue weighted by atomic mass is 15.0. The van der Waals surface area contributed by atoms with Gasteiger partial charge in [-0.3, -0.25) is 4.40 Å². The fourth-order valence-corrected chi connectivity index (χ4v) is 1.42. The fraction of sp³-hybridized carbons (Fsp3) is 0.400. The summed E-state index contributed by atoms with van der Waals surface area (Å²) in [6.45, 7) is 4.35. The van der Waals surface area contributed by atoms with Crippen LogP contribution in [-0.2, 0) is 0 Å². The molecule has 0 fully saturated rings. The van der Waals surface area contributed by atoms with Crippen molar-refractivity contribution in [3.05, 3.63) is 30.6 Å². The quantitative estimate of drug-likeness (QED) is 0.700. The van der Waals surface area contributed by atoms with E-state index in [1.54, 1.807) is 0 Å². The minimum absolute atomic E-state index is 0.484. The lowest BCUT2D eigenvalue weighted by molar-refractivity contribution is 0.665. The highest BCUT2D eigenvalue weighted by molar-refractivity contribution is 5.44. The van der Waals surface area contributed by atoms with Gasteiger partial charge in [-0.05, 0) is 12.5 Å². The highest BCUT2D eigenvalue weighted by Gasteiger charge is 2.07. The summed E-state index contributed by atoms with van der Waals surface area (Å²) in [5.74, 6) is 1.58. The number of imidazole rings is 1. The van der Waals surface area contributed by atoms with E-state index in [2.05, 4.69) is 23.8 Å². The Bertz CT molecular complexity index is 405. The molecule has 3 nitrogen and oxygen atoms in total. The molecule has 2 heterocycles. The summed E-state index contributed by atoms with van der Waals surface area (Å²) in [4.78, 5) is 8.47. The molecule has 0 saturated heterocycles. The average molecular weight is 175 g/mol. The molecule has 0 aromatic carbocycles. The van der Waals surface area contributed by atoms with Crippen LogP contribution in [0.3, 0.4) is 0 Å². The summed E-state index contributed by atoms with van der Waals surface area (Å²) < 4.78 is 2.05. The van der Waals surface area contributed by atoms with E-state index in [0.29, 0.717) is 5.92 Å². The van der Waals surface area contributed by atoms with Gasteiger partial charge in [0.15, 0.2) is 0 Å². The van der Waals surface area contributed by atoms with Gasteiger partial charge >= 0.3 is 0 Å². The molecule has 2 aromatic rings. The van der Waals surface area contributed by atoms with Gasteiger partial charge < -0.3 is 0 Å². The van der Waals surface area contributed by atoms with Crippen molar-refractivity contribution in [2.45, 2.75) is 26.2 Å². The second-order valence-electron chi connectivity index (χ2n) is 3.30. The van der Waals surface area contributed by atoms with Crippen molar-refractivity contribution in [3.8, 4) is 0 Å². The Kier molecular flexibility index (Phi) is 2.00. The molecule has 0 aliphatic heterocycles. The van der Waals surface area contributed by atoms with Gasteiger partial charge in [-0.2, -0.15) is 0 Å². The zero-order valence-electron chi connectivity index (χ0n) is 7.94. The van der Waals surface area contributed by atoms with Crippen LogP contribution in [0.4, 0.5) is 0 Å². The Morgan fingerprint density at radius 1 is 1.54 bits per heavy atom. The molecular weight excluding hydrogens is 162 g/mol. The molecule has 13 heavy (non-hydrogen) atoms. The highest BCUT2D eigenvalue weighted by Crippen LogP contribution is 2.16. The zero-order valence-corrected chi connectivity index (χ0v) is 7.94. The van der Waals surface area contributed by atoms with Crippen molar-refractivity contribution in [2.24, 2.45) is 0 Å². The molecule has 0 spiro atoms. The molecule has 0 N–H and O–H groups in total. The molecule has 1 unspecified atom stereocenters. The van der Waals surface area contributed by atoms with Crippen LogP contribution in [0.5, 0.6) is 0 Å². The van der Waals surface area contributed by atoms with Crippen LogP contribution in [0.1, 0.15) is 32.0 Å². The Labute approximate surface area is 77.4 Å². The minimum Gasteiger partial charge on any atom is -0.287 e. The number of fused-ring (bicyclic) bond motifs is 1. The minimum atomic E-state index is 0.484.